The maximum absolute atomic E-state index is 12.9. The van der Waals surface area contributed by atoms with Gasteiger partial charge in [-0.05, 0) is 37.8 Å². The first-order valence-corrected chi connectivity index (χ1v) is 10.2. The van der Waals surface area contributed by atoms with Crippen molar-refractivity contribution in [2.45, 2.75) is 25.7 Å². The van der Waals surface area contributed by atoms with E-state index in [9.17, 15) is 9.59 Å². The van der Waals surface area contributed by atoms with E-state index in [2.05, 4.69) is 5.32 Å². The Morgan fingerprint density at radius 3 is 2.48 bits per heavy atom. The van der Waals surface area contributed by atoms with E-state index in [1.807, 2.05) is 41.3 Å². The number of furan rings is 1. The van der Waals surface area contributed by atoms with Crippen LogP contribution in [0.1, 0.15) is 25.7 Å². The van der Waals surface area contributed by atoms with E-state index < -0.39 is 0 Å². The highest BCUT2D eigenvalue weighted by atomic mass is 16.5. The van der Waals surface area contributed by atoms with Gasteiger partial charge in [-0.25, -0.2) is 0 Å². The largest absolute Gasteiger partial charge is 0.495 e. The third kappa shape index (κ3) is 3.33. The second kappa shape index (κ2) is 7.10. The normalized spacial score (nSPS) is 17.6. The smallest absolute Gasteiger partial charge is 0.227 e. The zero-order chi connectivity index (χ0) is 20.0. The van der Waals surface area contributed by atoms with Crippen LogP contribution in [0, 0.1) is 11.8 Å². The van der Waals surface area contributed by atoms with Gasteiger partial charge in [0.25, 0.3) is 0 Å². The van der Waals surface area contributed by atoms with Crippen molar-refractivity contribution in [1.29, 1.82) is 0 Å². The van der Waals surface area contributed by atoms with E-state index in [-0.39, 0.29) is 23.7 Å². The van der Waals surface area contributed by atoms with Crippen molar-refractivity contribution in [1.82, 2.24) is 4.90 Å². The third-order valence-corrected chi connectivity index (χ3v) is 6.06. The molecule has 5 rings (SSSR count). The summed E-state index contributed by atoms with van der Waals surface area (Å²) in [5.41, 5.74) is 2.13. The lowest BCUT2D eigenvalue weighted by Gasteiger charge is -2.31. The first kappa shape index (κ1) is 18.0. The van der Waals surface area contributed by atoms with Crippen molar-refractivity contribution >= 4 is 39.4 Å². The van der Waals surface area contributed by atoms with Gasteiger partial charge in [0.2, 0.25) is 11.8 Å². The Morgan fingerprint density at radius 1 is 1.00 bits per heavy atom. The molecule has 0 unspecified atom stereocenters. The number of nitrogens with zero attached hydrogens (tertiary/aromatic N) is 1. The molecule has 1 saturated carbocycles. The monoisotopic (exact) mass is 392 g/mol. The summed E-state index contributed by atoms with van der Waals surface area (Å²) >= 11 is 0. The van der Waals surface area contributed by atoms with Crippen molar-refractivity contribution in [3.05, 3.63) is 36.4 Å². The number of carbonyl (C=O) groups excluding carboxylic acids is 2. The molecule has 1 N–H and O–H groups in total. The van der Waals surface area contributed by atoms with Gasteiger partial charge in [0, 0.05) is 41.8 Å². The first-order chi connectivity index (χ1) is 14.1. The number of anilines is 1. The molecule has 1 aliphatic carbocycles. The van der Waals surface area contributed by atoms with Gasteiger partial charge in [-0.15, -0.1) is 0 Å². The minimum Gasteiger partial charge on any atom is -0.495 e. The van der Waals surface area contributed by atoms with Gasteiger partial charge < -0.3 is 19.4 Å². The maximum atomic E-state index is 12.9. The average Bonchev–Trinajstić information content (AvgIpc) is 3.54. The molecule has 2 amide bonds. The van der Waals surface area contributed by atoms with E-state index >= 15 is 0 Å². The van der Waals surface area contributed by atoms with Crippen molar-refractivity contribution in [3.8, 4) is 5.75 Å². The molecular weight excluding hydrogens is 368 g/mol. The lowest BCUT2D eigenvalue weighted by molar-refractivity contribution is -0.135. The summed E-state index contributed by atoms with van der Waals surface area (Å²) in [7, 11) is 1.60. The minimum atomic E-state index is -0.102. The fourth-order valence-corrected chi connectivity index (χ4v) is 4.20. The summed E-state index contributed by atoms with van der Waals surface area (Å²) in [6, 6.07) is 11.6. The summed E-state index contributed by atoms with van der Waals surface area (Å²) in [4.78, 5) is 27.0. The quantitative estimate of drug-likeness (QED) is 0.723. The number of nitrogens with one attached hydrogen (secondary N) is 1. The Balaban J connectivity index is 1.33. The van der Waals surface area contributed by atoms with Gasteiger partial charge in [-0.1, -0.05) is 18.2 Å². The second-order valence-corrected chi connectivity index (χ2v) is 8.01. The summed E-state index contributed by atoms with van der Waals surface area (Å²) in [6.45, 7) is 1.32. The van der Waals surface area contributed by atoms with E-state index in [0.29, 0.717) is 43.0 Å². The van der Waals surface area contributed by atoms with Crippen LogP contribution in [-0.4, -0.2) is 36.9 Å². The predicted octanol–water partition coefficient (Wildman–Crippen LogP) is 4.18. The van der Waals surface area contributed by atoms with Gasteiger partial charge in [-0.2, -0.15) is 0 Å². The number of hydrogen-bond acceptors (Lipinski definition) is 4. The standard InChI is InChI=1S/C23H24N2O4/c1-28-21-12-17-16-4-2-3-5-19(16)29-20(17)13-18(21)24-22(26)14-8-10-25(11-9-14)23(27)15-6-7-15/h2-5,12-15H,6-11H2,1H3,(H,24,26). The number of fused-ring (bicyclic) bond motifs is 3. The highest BCUT2D eigenvalue weighted by Gasteiger charge is 2.36. The number of carbonyl (C=O) groups is 2. The summed E-state index contributed by atoms with van der Waals surface area (Å²) in [5.74, 6) is 0.978. The molecule has 6 heteroatoms. The van der Waals surface area contributed by atoms with E-state index in [1.165, 1.54) is 0 Å². The fraction of sp³-hybridized carbons (Fsp3) is 0.391. The lowest BCUT2D eigenvalue weighted by Crippen LogP contribution is -2.42. The van der Waals surface area contributed by atoms with Crippen LogP contribution >= 0.6 is 0 Å². The Morgan fingerprint density at radius 2 is 1.76 bits per heavy atom. The number of ether oxygens (including phenoxy) is 1. The molecule has 0 spiro atoms. The lowest BCUT2D eigenvalue weighted by atomic mass is 9.95. The number of piperidine rings is 1. The molecule has 1 aliphatic heterocycles. The molecule has 150 valence electrons. The first-order valence-electron chi connectivity index (χ1n) is 10.2. The zero-order valence-corrected chi connectivity index (χ0v) is 16.4. The van der Waals surface area contributed by atoms with E-state index in [4.69, 9.17) is 9.15 Å². The zero-order valence-electron chi connectivity index (χ0n) is 16.4. The summed E-state index contributed by atoms with van der Waals surface area (Å²) in [6.07, 6.45) is 3.42. The molecule has 1 aromatic heterocycles. The SMILES string of the molecule is COc1cc2c(cc1NC(=O)C1CCN(C(=O)C3CC3)CC1)oc1ccccc12. The van der Waals surface area contributed by atoms with Crippen LogP contribution in [0.4, 0.5) is 5.69 Å². The average molecular weight is 392 g/mol. The van der Waals surface area contributed by atoms with Crippen LogP contribution < -0.4 is 10.1 Å². The van der Waals surface area contributed by atoms with Gasteiger partial charge in [0.1, 0.15) is 16.9 Å². The van der Waals surface area contributed by atoms with Gasteiger partial charge in [0.15, 0.2) is 0 Å². The Labute approximate surface area is 168 Å². The topological polar surface area (TPSA) is 71.8 Å². The highest BCUT2D eigenvalue weighted by Crippen LogP contribution is 2.37. The van der Waals surface area contributed by atoms with E-state index in [1.54, 1.807) is 7.11 Å². The molecule has 0 atom stereocenters. The Bertz CT molecular complexity index is 1090. The van der Waals surface area contributed by atoms with Gasteiger partial charge >= 0.3 is 0 Å². The molecule has 2 fully saturated rings. The minimum absolute atomic E-state index is 0.0303. The summed E-state index contributed by atoms with van der Waals surface area (Å²) < 4.78 is 11.5. The summed E-state index contributed by atoms with van der Waals surface area (Å²) in [5, 5.41) is 5.00. The number of para-hydroxylation sites is 1. The molecule has 3 aromatic rings. The molecule has 0 bridgehead atoms. The van der Waals surface area contributed by atoms with Crippen molar-refractivity contribution < 1.29 is 18.7 Å². The Kier molecular flexibility index (Phi) is 4.42. The van der Waals surface area contributed by atoms with E-state index in [0.717, 1.165) is 29.2 Å². The highest BCUT2D eigenvalue weighted by molar-refractivity contribution is 6.07. The fourth-order valence-electron chi connectivity index (χ4n) is 4.20. The molecule has 0 radical (unpaired) electrons. The molecule has 6 nitrogen and oxygen atoms in total. The number of likely N-dealkylation sites (tertiary alicyclic amines) is 1. The van der Waals surface area contributed by atoms with Crippen LogP contribution in [-0.2, 0) is 9.59 Å². The maximum Gasteiger partial charge on any atom is 0.227 e. The van der Waals surface area contributed by atoms with Crippen molar-refractivity contribution in [2.75, 3.05) is 25.5 Å². The van der Waals surface area contributed by atoms with Crippen LogP contribution in [0.2, 0.25) is 0 Å². The molecule has 2 aliphatic rings. The van der Waals surface area contributed by atoms with Crippen LogP contribution in [0.15, 0.2) is 40.8 Å². The van der Waals surface area contributed by atoms with Gasteiger partial charge in [0.05, 0.1) is 12.8 Å². The predicted molar refractivity (Wildman–Crippen MR) is 111 cm³/mol. The van der Waals surface area contributed by atoms with Crippen molar-refractivity contribution in [3.63, 3.8) is 0 Å². The second-order valence-electron chi connectivity index (χ2n) is 8.01. The van der Waals surface area contributed by atoms with Gasteiger partial charge in [-0.3, -0.25) is 9.59 Å². The third-order valence-electron chi connectivity index (χ3n) is 6.06. The molecule has 1 saturated heterocycles. The van der Waals surface area contributed by atoms with Crippen LogP contribution in [0.3, 0.4) is 0 Å². The number of benzene rings is 2. The molecule has 2 aromatic carbocycles. The van der Waals surface area contributed by atoms with Crippen molar-refractivity contribution in [2.24, 2.45) is 11.8 Å². The number of methoxy groups -OCH3 is 1. The number of rotatable bonds is 4. The molecular formula is C23H24N2O4. The van der Waals surface area contributed by atoms with Crippen LogP contribution in [0.5, 0.6) is 5.75 Å². The van der Waals surface area contributed by atoms with Crippen LogP contribution in [0.25, 0.3) is 21.9 Å². The Hall–Kier alpha value is -3.02. The molecule has 29 heavy (non-hydrogen) atoms. The molecule has 2 heterocycles. The number of amides is 2. The number of hydrogen-bond donors (Lipinski definition) is 1.